The maximum Gasteiger partial charge on any atom is 0.189 e. The molecule has 0 aromatic heterocycles. The van der Waals surface area contributed by atoms with Crippen molar-refractivity contribution in [2.75, 3.05) is 21.1 Å². The number of quaternary nitrogens is 1. The molecule has 58 valence electrons. The lowest BCUT2D eigenvalue weighted by Crippen LogP contribution is -2.36. The molecule has 0 saturated carbocycles. The van der Waals surface area contributed by atoms with Crippen molar-refractivity contribution in [2.24, 2.45) is 4.99 Å². The van der Waals surface area contributed by atoms with Crippen molar-refractivity contribution in [3.05, 3.63) is 12.3 Å². The number of aliphatic imine (C=N–C) groups is 1. The Bertz CT molecular complexity index is 145. The van der Waals surface area contributed by atoms with Crippen LogP contribution in [0.25, 0.3) is 0 Å². The molecule has 0 amide bonds. The molecule has 0 spiro atoms. The summed E-state index contributed by atoms with van der Waals surface area (Å²) in [5.74, 6) is 0. The van der Waals surface area contributed by atoms with Crippen LogP contribution in [0.15, 0.2) is 17.3 Å². The van der Waals surface area contributed by atoms with Gasteiger partial charge in [-0.25, -0.2) is 4.99 Å². The van der Waals surface area contributed by atoms with E-state index >= 15 is 0 Å². The van der Waals surface area contributed by atoms with Gasteiger partial charge in [-0.15, -0.1) is 0 Å². The molecule has 0 radical (unpaired) electrons. The highest BCUT2D eigenvalue weighted by molar-refractivity contribution is 5.47. The molecule has 10 heavy (non-hydrogen) atoms. The van der Waals surface area contributed by atoms with E-state index in [0.717, 1.165) is 6.42 Å². The van der Waals surface area contributed by atoms with Crippen LogP contribution < -0.4 is 0 Å². The van der Waals surface area contributed by atoms with Gasteiger partial charge in [0.05, 0.1) is 14.1 Å². The van der Waals surface area contributed by atoms with E-state index in [-0.39, 0.29) is 0 Å². The Kier molecular flexibility index (Phi) is 3.30. The van der Waals surface area contributed by atoms with Crippen molar-refractivity contribution in [3.8, 4) is 0 Å². The number of nitrogens with zero attached hydrogens (tertiary/aromatic N) is 2. The zero-order valence-corrected chi connectivity index (χ0v) is 7.39. The zero-order valence-electron chi connectivity index (χ0n) is 7.39. The average Bonchev–Trinajstić information content (AvgIpc) is 1.86. The third-order valence-electron chi connectivity index (χ3n) is 1.63. The molecule has 0 aromatic rings. The standard InChI is InChI=1S/C8H17N2/c1-6-8(2)10(4,5)7-9-3/h7H,2,6H2,1,3-5H3/q+1. The largest absolute Gasteiger partial charge is 0.258 e. The first-order valence-electron chi connectivity index (χ1n) is 3.50. The van der Waals surface area contributed by atoms with Crippen LogP contribution in [0.1, 0.15) is 13.3 Å². The van der Waals surface area contributed by atoms with E-state index in [0.29, 0.717) is 4.48 Å². The second-order valence-electron chi connectivity index (χ2n) is 2.83. The van der Waals surface area contributed by atoms with Crippen molar-refractivity contribution in [1.82, 2.24) is 0 Å². The van der Waals surface area contributed by atoms with Crippen LogP contribution >= 0.6 is 0 Å². The molecule has 2 nitrogen and oxygen atoms in total. The smallest absolute Gasteiger partial charge is 0.189 e. The summed E-state index contributed by atoms with van der Waals surface area (Å²) in [6.07, 6.45) is 2.88. The molecule has 0 aliphatic heterocycles. The fourth-order valence-electron chi connectivity index (χ4n) is 0.778. The Morgan fingerprint density at radius 3 is 2.40 bits per heavy atom. The topological polar surface area (TPSA) is 12.4 Å². The molecule has 0 bridgehead atoms. The van der Waals surface area contributed by atoms with Gasteiger partial charge in [0.2, 0.25) is 0 Å². The van der Waals surface area contributed by atoms with Gasteiger partial charge < -0.3 is 0 Å². The van der Waals surface area contributed by atoms with Crippen molar-refractivity contribution in [2.45, 2.75) is 13.3 Å². The quantitative estimate of drug-likeness (QED) is 0.322. The van der Waals surface area contributed by atoms with Crippen LogP contribution in [0.4, 0.5) is 0 Å². The summed E-state index contributed by atoms with van der Waals surface area (Å²) in [4.78, 5) is 3.96. The summed E-state index contributed by atoms with van der Waals surface area (Å²) in [6, 6.07) is 0. The summed E-state index contributed by atoms with van der Waals surface area (Å²) in [5, 5.41) is 0. The number of hydrogen-bond donors (Lipinski definition) is 0. The van der Waals surface area contributed by atoms with E-state index in [2.05, 4.69) is 32.6 Å². The average molecular weight is 141 g/mol. The predicted molar refractivity (Wildman–Crippen MR) is 46.0 cm³/mol. The number of rotatable bonds is 3. The van der Waals surface area contributed by atoms with Gasteiger partial charge in [-0.1, -0.05) is 6.92 Å². The highest BCUT2D eigenvalue weighted by Crippen LogP contribution is 2.08. The Balaban J connectivity index is 4.24. The van der Waals surface area contributed by atoms with Crippen LogP contribution in [0.2, 0.25) is 0 Å². The summed E-state index contributed by atoms with van der Waals surface area (Å²) in [5.41, 5.74) is 1.17. The number of hydrogen-bond acceptors (Lipinski definition) is 1. The first-order chi connectivity index (χ1) is 4.54. The Labute approximate surface area is 63.5 Å². The van der Waals surface area contributed by atoms with E-state index in [1.54, 1.807) is 7.05 Å². The Morgan fingerprint density at radius 1 is 1.60 bits per heavy atom. The van der Waals surface area contributed by atoms with E-state index < -0.39 is 0 Å². The van der Waals surface area contributed by atoms with Gasteiger partial charge in [-0.2, -0.15) is 0 Å². The van der Waals surface area contributed by atoms with Gasteiger partial charge in [-0.3, -0.25) is 4.48 Å². The minimum Gasteiger partial charge on any atom is -0.258 e. The molecule has 0 heterocycles. The molecule has 0 aromatic carbocycles. The molecule has 0 aliphatic carbocycles. The molecular weight excluding hydrogens is 124 g/mol. The van der Waals surface area contributed by atoms with Gasteiger partial charge >= 0.3 is 0 Å². The second kappa shape index (κ2) is 3.52. The zero-order chi connectivity index (χ0) is 8.20. The van der Waals surface area contributed by atoms with Crippen LogP contribution in [0.5, 0.6) is 0 Å². The molecule has 0 fully saturated rings. The van der Waals surface area contributed by atoms with Gasteiger partial charge in [0.25, 0.3) is 0 Å². The van der Waals surface area contributed by atoms with Gasteiger partial charge in [0.15, 0.2) is 6.34 Å². The second-order valence-corrected chi connectivity index (χ2v) is 2.83. The highest BCUT2D eigenvalue weighted by Gasteiger charge is 2.14. The summed E-state index contributed by atoms with van der Waals surface area (Å²) in [7, 11) is 5.92. The van der Waals surface area contributed by atoms with Gasteiger partial charge in [0.1, 0.15) is 5.70 Å². The molecule has 0 N–H and O–H groups in total. The Morgan fingerprint density at radius 2 is 2.10 bits per heavy atom. The third-order valence-corrected chi connectivity index (χ3v) is 1.63. The van der Waals surface area contributed by atoms with Gasteiger partial charge in [0, 0.05) is 13.5 Å². The SMILES string of the molecule is C=C(CC)[N+](C)(C)C=NC. The molecule has 0 atom stereocenters. The van der Waals surface area contributed by atoms with Crippen LogP contribution in [0, 0.1) is 0 Å². The molecule has 0 aliphatic rings. The van der Waals surface area contributed by atoms with E-state index in [1.807, 2.05) is 6.34 Å². The third kappa shape index (κ3) is 2.31. The maximum absolute atomic E-state index is 3.96. The van der Waals surface area contributed by atoms with Crippen molar-refractivity contribution in [3.63, 3.8) is 0 Å². The Hall–Kier alpha value is -0.630. The lowest BCUT2D eigenvalue weighted by molar-refractivity contribution is -0.751. The maximum atomic E-state index is 3.96. The lowest BCUT2D eigenvalue weighted by Gasteiger charge is -2.24. The fraction of sp³-hybridized carbons (Fsp3) is 0.625. The number of allylic oxidation sites excluding steroid dienone is 1. The monoisotopic (exact) mass is 141 g/mol. The van der Waals surface area contributed by atoms with Crippen LogP contribution in [-0.4, -0.2) is 32.0 Å². The van der Waals surface area contributed by atoms with Crippen molar-refractivity contribution < 1.29 is 4.48 Å². The van der Waals surface area contributed by atoms with E-state index in [4.69, 9.17) is 0 Å². The van der Waals surface area contributed by atoms with Crippen LogP contribution in [0.3, 0.4) is 0 Å². The minimum absolute atomic E-state index is 0.688. The van der Waals surface area contributed by atoms with E-state index in [9.17, 15) is 0 Å². The predicted octanol–water partition coefficient (Wildman–Crippen LogP) is 1.64. The normalized spacial score (nSPS) is 12.4. The summed E-state index contributed by atoms with van der Waals surface area (Å²) >= 11 is 0. The minimum atomic E-state index is 0.688. The first-order valence-corrected chi connectivity index (χ1v) is 3.50. The molecule has 0 saturated heterocycles. The van der Waals surface area contributed by atoms with Crippen LogP contribution in [-0.2, 0) is 0 Å². The lowest BCUT2D eigenvalue weighted by atomic mass is 10.3. The summed E-state index contributed by atoms with van der Waals surface area (Å²) < 4.78 is 0.688. The van der Waals surface area contributed by atoms with Gasteiger partial charge in [-0.05, 0) is 6.58 Å². The molecule has 0 unspecified atom stereocenters. The van der Waals surface area contributed by atoms with Crippen molar-refractivity contribution in [1.29, 1.82) is 0 Å². The molecular formula is C8H17N2+. The van der Waals surface area contributed by atoms with Crippen molar-refractivity contribution >= 4 is 6.34 Å². The van der Waals surface area contributed by atoms with E-state index in [1.165, 1.54) is 5.70 Å². The summed E-state index contributed by atoms with van der Waals surface area (Å²) in [6.45, 7) is 6.05. The fourth-order valence-corrected chi connectivity index (χ4v) is 0.778. The highest BCUT2D eigenvalue weighted by atomic mass is 15.3. The molecule has 2 heteroatoms. The molecule has 0 rings (SSSR count). The first kappa shape index (κ1) is 9.37.